The molecule has 0 bridgehead atoms. The van der Waals surface area contributed by atoms with Crippen molar-refractivity contribution in [3.63, 3.8) is 0 Å². The van der Waals surface area contributed by atoms with Crippen LogP contribution in [0.4, 0.5) is 5.69 Å². The van der Waals surface area contributed by atoms with Gasteiger partial charge < -0.3 is 9.47 Å². The number of ether oxygens (including phenoxy) is 2. The Bertz CT molecular complexity index is 541. The number of esters is 2. The van der Waals surface area contributed by atoms with Crippen LogP contribution in [0.25, 0.3) is 0 Å². The molecule has 1 aromatic carbocycles. The summed E-state index contributed by atoms with van der Waals surface area (Å²) >= 11 is 0. The number of carbonyl (C=O) groups is 2. The summed E-state index contributed by atoms with van der Waals surface area (Å²) in [6.45, 7) is 2.54. The van der Waals surface area contributed by atoms with Gasteiger partial charge in [-0.1, -0.05) is 26.2 Å². The summed E-state index contributed by atoms with van der Waals surface area (Å²) in [5.74, 6) is -0.557. The molecule has 0 heterocycles. The molecular weight excluding hydrogens is 314 g/mol. The van der Waals surface area contributed by atoms with E-state index >= 15 is 0 Å². The lowest BCUT2D eigenvalue weighted by Crippen LogP contribution is -2.10. The van der Waals surface area contributed by atoms with Crippen LogP contribution in [0, 0.1) is 10.1 Å². The summed E-state index contributed by atoms with van der Waals surface area (Å²) in [4.78, 5) is 33.1. The highest BCUT2D eigenvalue weighted by Crippen LogP contribution is 2.18. The normalized spacial score (nSPS) is 10.2. The summed E-state index contributed by atoms with van der Waals surface area (Å²) in [5.41, 5.74) is -0.0727. The lowest BCUT2D eigenvalue weighted by molar-refractivity contribution is -0.384. The van der Waals surface area contributed by atoms with Gasteiger partial charge in [-0.15, -0.1) is 0 Å². The first-order chi connectivity index (χ1) is 11.5. The van der Waals surface area contributed by atoms with Gasteiger partial charge in [0.15, 0.2) is 0 Å². The molecule has 0 saturated heterocycles. The molecule has 0 spiro atoms. The zero-order valence-corrected chi connectivity index (χ0v) is 13.9. The monoisotopic (exact) mass is 337 g/mol. The van der Waals surface area contributed by atoms with E-state index in [-0.39, 0.29) is 30.2 Å². The number of non-ortho nitro benzene ring substituents is 1. The number of nitro benzene ring substituents is 1. The van der Waals surface area contributed by atoms with Gasteiger partial charge in [-0.3, -0.25) is 19.7 Å². The molecule has 7 nitrogen and oxygen atoms in total. The van der Waals surface area contributed by atoms with Crippen LogP contribution < -0.4 is 4.74 Å². The number of carbonyl (C=O) groups excluding carboxylic acids is 2. The third kappa shape index (κ3) is 8.26. The molecule has 7 heteroatoms. The Morgan fingerprint density at radius 1 is 1.00 bits per heavy atom. The summed E-state index contributed by atoms with van der Waals surface area (Å²) in [6.07, 6.45) is 4.77. The summed E-state index contributed by atoms with van der Waals surface area (Å²) in [6, 6.07) is 5.25. The fourth-order valence-electron chi connectivity index (χ4n) is 1.98. The molecule has 0 fully saturated rings. The van der Waals surface area contributed by atoms with Crippen molar-refractivity contribution in [1.29, 1.82) is 0 Å². The molecule has 0 aliphatic rings. The Morgan fingerprint density at radius 2 is 1.67 bits per heavy atom. The van der Waals surface area contributed by atoms with Gasteiger partial charge in [0, 0.05) is 25.0 Å². The quantitative estimate of drug-likeness (QED) is 0.200. The van der Waals surface area contributed by atoms with E-state index in [0.29, 0.717) is 13.0 Å². The second-order valence-corrected chi connectivity index (χ2v) is 5.36. The Hall–Kier alpha value is -2.44. The molecule has 0 amide bonds. The molecule has 0 atom stereocenters. The molecule has 0 saturated carbocycles. The van der Waals surface area contributed by atoms with Crippen LogP contribution in [-0.2, 0) is 14.3 Å². The van der Waals surface area contributed by atoms with E-state index in [1.54, 1.807) is 0 Å². The standard InChI is InChI=1S/C17H23NO6/c1-2-3-4-5-13-23-16(19)7-6-8-17(20)24-15-11-9-14(10-12-15)18(21)22/h9-12H,2-8,13H2,1H3. The predicted octanol–water partition coefficient (Wildman–Crippen LogP) is 3.79. The van der Waals surface area contributed by atoms with Crippen molar-refractivity contribution in [3.8, 4) is 5.75 Å². The van der Waals surface area contributed by atoms with Crippen LogP contribution in [-0.4, -0.2) is 23.5 Å². The van der Waals surface area contributed by atoms with E-state index in [1.807, 2.05) is 0 Å². The molecular formula is C17H23NO6. The van der Waals surface area contributed by atoms with E-state index in [1.165, 1.54) is 24.3 Å². The molecule has 0 N–H and O–H groups in total. The number of nitro groups is 1. The van der Waals surface area contributed by atoms with Crippen molar-refractivity contribution in [2.45, 2.75) is 51.9 Å². The summed E-state index contributed by atoms with van der Waals surface area (Å²) < 4.78 is 10.1. The van der Waals surface area contributed by atoms with Crippen LogP contribution in [0.3, 0.4) is 0 Å². The zero-order valence-electron chi connectivity index (χ0n) is 13.9. The summed E-state index contributed by atoms with van der Waals surface area (Å²) in [7, 11) is 0. The lowest BCUT2D eigenvalue weighted by Gasteiger charge is -2.05. The van der Waals surface area contributed by atoms with Gasteiger partial charge in [-0.2, -0.15) is 0 Å². The molecule has 0 aromatic heterocycles. The van der Waals surface area contributed by atoms with Crippen molar-refractivity contribution >= 4 is 17.6 Å². The van der Waals surface area contributed by atoms with Gasteiger partial charge in [0.25, 0.3) is 5.69 Å². The summed E-state index contributed by atoms with van der Waals surface area (Å²) in [5, 5.41) is 10.5. The van der Waals surface area contributed by atoms with E-state index in [2.05, 4.69) is 6.92 Å². The topological polar surface area (TPSA) is 95.7 Å². The van der Waals surface area contributed by atoms with Gasteiger partial charge in [0.1, 0.15) is 5.75 Å². The molecule has 132 valence electrons. The number of benzene rings is 1. The molecule has 0 aliphatic heterocycles. The number of hydrogen-bond acceptors (Lipinski definition) is 6. The highest BCUT2D eigenvalue weighted by atomic mass is 16.6. The Kier molecular flexibility index (Phi) is 9.11. The molecule has 1 aromatic rings. The second kappa shape index (κ2) is 11.2. The van der Waals surface area contributed by atoms with Crippen LogP contribution in [0.15, 0.2) is 24.3 Å². The van der Waals surface area contributed by atoms with Crippen LogP contribution in [0.2, 0.25) is 0 Å². The number of rotatable bonds is 11. The van der Waals surface area contributed by atoms with E-state index in [9.17, 15) is 19.7 Å². The fraction of sp³-hybridized carbons (Fsp3) is 0.529. The largest absolute Gasteiger partial charge is 0.466 e. The zero-order chi connectivity index (χ0) is 17.8. The smallest absolute Gasteiger partial charge is 0.311 e. The molecule has 0 aliphatic carbocycles. The van der Waals surface area contributed by atoms with Gasteiger partial charge >= 0.3 is 11.9 Å². The van der Waals surface area contributed by atoms with Gasteiger partial charge in [-0.25, -0.2) is 0 Å². The highest BCUT2D eigenvalue weighted by molar-refractivity contribution is 5.74. The number of unbranched alkanes of at least 4 members (excludes halogenated alkanes) is 3. The third-order valence-corrected chi connectivity index (χ3v) is 3.30. The minimum absolute atomic E-state index is 0.0727. The maximum absolute atomic E-state index is 11.6. The Balaban J connectivity index is 2.17. The van der Waals surface area contributed by atoms with Crippen molar-refractivity contribution in [3.05, 3.63) is 34.4 Å². The molecule has 1 rings (SSSR count). The average Bonchev–Trinajstić information content (AvgIpc) is 2.55. The van der Waals surface area contributed by atoms with Crippen molar-refractivity contribution in [1.82, 2.24) is 0 Å². The average molecular weight is 337 g/mol. The van der Waals surface area contributed by atoms with Crippen LogP contribution in [0.5, 0.6) is 5.75 Å². The van der Waals surface area contributed by atoms with Crippen LogP contribution in [0.1, 0.15) is 51.9 Å². The first-order valence-corrected chi connectivity index (χ1v) is 8.13. The second-order valence-electron chi connectivity index (χ2n) is 5.36. The minimum Gasteiger partial charge on any atom is -0.466 e. The molecule has 0 unspecified atom stereocenters. The number of nitrogens with zero attached hydrogens (tertiary/aromatic N) is 1. The third-order valence-electron chi connectivity index (χ3n) is 3.30. The van der Waals surface area contributed by atoms with Gasteiger partial charge in [0.05, 0.1) is 11.5 Å². The van der Waals surface area contributed by atoms with Crippen molar-refractivity contribution in [2.24, 2.45) is 0 Å². The predicted molar refractivity (Wildman–Crippen MR) is 87.7 cm³/mol. The SMILES string of the molecule is CCCCCCOC(=O)CCCC(=O)Oc1ccc([N+](=O)[O-])cc1. The maximum Gasteiger partial charge on any atom is 0.311 e. The molecule has 24 heavy (non-hydrogen) atoms. The van der Waals surface area contributed by atoms with Crippen LogP contribution >= 0.6 is 0 Å². The Morgan fingerprint density at radius 3 is 2.29 bits per heavy atom. The number of hydrogen-bond donors (Lipinski definition) is 0. The first kappa shape index (κ1) is 19.6. The highest BCUT2D eigenvalue weighted by Gasteiger charge is 2.10. The lowest BCUT2D eigenvalue weighted by atomic mass is 10.2. The minimum atomic E-state index is -0.528. The van der Waals surface area contributed by atoms with E-state index in [0.717, 1.165) is 25.7 Å². The van der Waals surface area contributed by atoms with Crippen molar-refractivity contribution in [2.75, 3.05) is 6.61 Å². The van der Waals surface area contributed by atoms with E-state index < -0.39 is 10.9 Å². The fourth-order valence-corrected chi connectivity index (χ4v) is 1.98. The van der Waals surface area contributed by atoms with Gasteiger partial charge in [0.2, 0.25) is 0 Å². The molecule has 0 radical (unpaired) electrons. The maximum atomic E-state index is 11.6. The Labute approximate surface area is 141 Å². The van der Waals surface area contributed by atoms with Gasteiger partial charge in [-0.05, 0) is 25.0 Å². The van der Waals surface area contributed by atoms with E-state index in [4.69, 9.17) is 9.47 Å². The first-order valence-electron chi connectivity index (χ1n) is 8.13. The van der Waals surface area contributed by atoms with Crippen molar-refractivity contribution < 1.29 is 24.0 Å².